The maximum Gasteiger partial charge on any atom is 0.264 e. The van der Waals surface area contributed by atoms with Gasteiger partial charge in [0, 0.05) is 5.02 Å². The Morgan fingerprint density at radius 2 is 1.90 bits per heavy atom. The van der Waals surface area contributed by atoms with Crippen LogP contribution in [0.15, 0.2) is 47.4 Å². The molecule has 0 aliphatic rings. The van der Waals surface area contributed by atoms with E-state index in [-0.39, 0.29) is 10.6 Å². The standard InChI is InChI=1S/C15H17ClN2O2S/c1-2-5-11-6-3-4-7-14(11)18-21(19,20)15-10-12(16)8-9-13(15)17/h3-4,6-10,18H,2,5,17H2,1H3. The van der Waals surface area contributed by atoms with E-state index in [9.17, 15) is 8.42 Å². The van der Waals surface area contributed by atoms with E-state index in [2.05, 4.69) is 4.72 Å². The van der Waals surface area contributed by atoms with Crippen molar-refractivity contribution in [2.75, 3.05) is 10.5 Å². The van der Waals surface area contributed by atoms with Crippen molar-refractivity contribution in [2.24, 2.45) is 0 Å². The maximum absolute atomic E-state index is 12.5. The summed E-state index contributed by atoms with van der Waals surface area (Å²) in [5, 5.41) is 0.325. The van der Waals surface area contributed by atoms with Gasteiger partial charge in [-0.05, 0) is 36.2 Å². The van der Waals surface area contributed by atoms with Gasteiger partial charge in [-0.2, -0.15) is 0 Å². The van der Waals surface area contributed by atoms with Crippen molar-refractivity contribution in [2.45, 2.75) is 24.7 Å². The van der Waals surface area contributed by atoms with Gasteiger partial charge in [0.2, 0.25) is 0 Å². The number of aryl methyl sites for hydroxylation is 1. The largest absolute Gasteiger partial charge is 0.398 e. The molecule has 6 heteroatoms. The van der Waals surface area contributed by atoms with E-state index >= 15 is 0 Å². The lowest BCUT2D eigenvalue weighted by Gasteiger charge is -2.13. The average Bonchev–Trinajstić information content (AvgIpc) is 2.43. The lowest BCUT2D eigenvalue weighted by Crippen LogP contribution is -2.16. The fraction of sp³-hybridized carbons (Fsp3) is 0.200. The van der Waals surface area contributed by atoms with Gasteiger partial charge >= 0.3 is 0 Å². The number of hydrogen-bond donors (Lipinski definition) is 2. The maximum atomic E-state index is 12.5. The molecule has 0 heterocycles. The molecular formula is C15H17ClN2O2S. The Morgan fingerprint density at radius 3 is 2.62 bits per heavy atom. The number of rotatable bonds is 5. The third-order valence-corrected chi connectivity index (χ3v) is 4.70. The fourth-order valence-corrected chi connectivity index (χ4v) is 3.54. The normalized spacial score (nSPS) is 11.3. The van der Waals surface area contributed by atoms with E-state index in [1.807, 2.05) is 19.1 Å². The van der Waals surface area contributed by atoms with Gasteiger partial charge in [-0.1, -0.05) is 43.1 Å². The van der Waals surface area contributed by atoms with Crippen molar-refractivity contribution in [3.63, 3.8) is 0 Å². The summed E-state index contributed by atoms with van der Waals surface area (Å²) in [7, 11) is -3.77. The molecule has 0 unspecified atom stereocenters. The molecule has 0 radical (unpaired) electrons. The summed E-state index contributed by atoms with van der Waals surface area (Å²) in [5.41, 5.74) is 7.43. The van der Waals surface area contributed by atoms with Gasteiger partial charge in [0.1, 0.15) is 4.90 Å². The highest BCUT2D eigenvalue weighted by Gasteiger charge is 2.19. The average molecular weight is 325 g/mol. The molecule has 0 bridgehead atoms. The Labute approximate surface area is 130 Å². The molecule has 0 aliphatic carbocycles. The summed E-state index contributed by atoms with van der Waals surface area (Å²) in [6.07, 6.45) is 1.72. The number of para-hydroxylation sites is 1. The molecular weight excluding hydrogens is 308 g/mol. The molecule has 3 N–H and O–H groups in total. The Hall–Kier alpha value is -1.72. The Morgan fingerprint density at radius 1 is 1.19 bits per heavy atom. The molecule has 0 saturated heterocycles. The van der Waals surface area contributed by atoms with Crippen molar-refractivity contribution < 1.29 is 8.42 Å². The summed E-state index contributed by atoms with van der Waals surface area (Å²) < 4.78 is 27.6. The van der Waals surface area contributed by atoms with Crippen molar-refractivity contribution in [1.82, 2.24) is 0 Å². The van der Waals surface area contributed by atoms with Crippen LogP contribution in [0.5, 0.6) is 0 Å². The quantitative estimate of drug-likeness (QED) is 0.824. The van der Waals surface area contributed by atoms with Crippen LogP contribution in [0.1, 0.15) is 18.9 Å². The zero-order valence-corrected chi connectivity index (χ0v) is 13.2. The SMILES string of the molecule is CCCc1ccccc1NS(=O)(=O)c1cc(Cl)ccc1N. The van der Waals surface area contributed by atoms with E-state index < -0.39 is 10.0 Å². The second-order valence-corrected chi connectivity index (χ2v) is 6.78. The summed E-state index contributed by atoms with van der Waals surface area (Å²) in [6.45, 7) is 2.04. The van der Waals surface area contributed by atoms with Gasteiger partial charge in [0.05, 0.1) is 11.4 Å². The summed E-state index contributed by atoms with van der Waals surface area (Å²) in [6, 6.07) is 11.7. The van der Waals surface area contributed by atoms with Gasteiger partial charge in [-0.15, -0.1) is 0 Å². The highest BCUT2D eigenvalue weighted by atomic mass is 35.5. The highest BCUT2D eigenvalue weighted by molar-refractivity contribution is 7.92. The molecule has 0 aromatic heterocycles. The van der Waals surface area contributed by atoms with E-state index in [1.54, 1.807) is 18.2 Å². The smallest absolute Gasteiger partial charge is 0.264 e. The molecule has 0 saturated carbocycles. The number of halogens is 1. The number of nitrogens with one attached hydrogen (secondary N) is 1. The van der Waals surface area contributed by atoms with Gasteiger partial charge in [0.15, 0.2) is 0 Å². The van der Waals surface area contributed by atoms with E-state index in [1.165, 1.54) is 12.1 Å². The second kappa shape index (κ2) is 6.37. The first-order chi connectivity index (χ1) is 9.94. The molecule has 0 amide bonds. The van der Waals surface area contributed by atoms with Crippen LogP contribution in [0.4, 0.5) is 11.4 Å². The molecule has 2 aromatic carbocycles. The first-order valence-corrected chi connectivity index (χ1v) is 8.46. The zero-order valence-electron chi connectivity index (χ0n) is 11.6. The van der Waals surface area contributed by atoms with Crippen LogP contribution in [0, 0.1) is 0 Å². The minimum Gasteiger partial charge on any atom is -0.398 e. The number of nitrogens with two attached hydrogens (primary N) is 1. The Balaban J connectivity index is 2.40. The third-order valence-electron chi connectivity index (χ3n) is 3.05. The molecule has 0 atom stereocenters. The van der Waals surface area contributed by atoms with Crippen molar-refractivity contribution in [3.05, 3.63) is 53.1 Å². The van der Waals surface area contributed by atoms with E-state index in [0.717, 1.165) is 18.4 Å². The van der Waals surface area contributed by atoms with Crippen molar-refractivity contribution in [3.8, 4) is 0 Å². The minimum atomic E-state index is -3.77. The number of sulfonamides is 1. The lowest BCUT2D eigenvalue weighted by molar-refractivity contribution is 0.601. The zero-order chi connectivity index (χ0) is 15.5. The molecule has 21 heavy (non-hydrogen) atoms. The third kappa shape index (κ3) is 3.68. The fourth-order valence-electron chi connectivity index (χ4n) is 2.05. The first kappa shape index (κ1) is 15.7. The minimum absolute atomic E-state index is 0.0127. The van der Waals surface area contributed by atoms with Gasteiger partial charge < -0.3 is 5.73 Å². The van der Waals surface area contributed by atoms with Crippen LogP contribution in [-0.2, 0) is 16.4 Å². The molecule has 4 nitrogen and oxygen atoms in total. The number of nitrogen functional groups attached to an aromatic ring is 1. The van der Waals surface area contributed by atoms with Crippen LogP contribution in [0.25, 0.3) is 0 Å². The lowest BCUT2D eigenvalue weighted by atomic mass is 10.1. The van der Waals surface area contributed by atoms with E-state index in [0.29, 0.717) is 10.7 Å². The van der Waals surface area contributed by atoms with Crippen LogP contribution in [0.2, 0.25) is 5.02 Å². The second-order valence-electron chi connectivity index (χ2n) is 4.69. The monoisotopic (exact) mass is 324 g/mol. The predicted octanol–water partition coefficient (Wildman–Crippen LogP) is 3.68. The molecule has 2 rings (SSSR count). The highest BCUT2D eigenvalue weighted by Crippen LogP contribution is 2.26. The molecule has 2 aromatic rings. The van der Waals surface area contributed by atoms with Crippen molar-refractivity contribution in [1.29, 1.82) is 0 Å². The molecule has 112 valence electrons. The number of hydrogen-bond acceptors (Lipinski definition) is 3. The topological polar surface area (TPSA) is 72.2 Å². The predicted molar refractivity (Wildman–Crippen MR) is 87.1 cm³/mol. The van der Waals surface area contributed by atoms with Gasteiger partial charge in [0.25, 0.3) is 10.0 Å². The Kier molecular flexibility index (Phi) is 4.75. The van der Waals surface area contributed by atoms with Crippen LogP contribution >= 0.6 is 11.6 Å². The molecule has 0 fully saturated rings. The molecule has 0 aliphatic heterocycles. The summed E-state index contributed by atoms with van der Waals surface area (Å²) >= 11 is 5.86. The van der Waals surface area contributed by atoms with Crippen LogP contribution < -0.4 is 10.5 Å². The summed E-state index contributed by atoms with van der Waals surface area (Å²) in [5.74, 6) is 0. The van der Waals surface area contributed by atoms with Gasteiger partial charge in [-0.25, -0.2) is 8.42 Å². The first-order valence-electron chi connectivity index (χ1n) is 6.60. The Bertz CT molecular complexity index is 745. The van der Waals surface area contributed by atoms with Gasteiger partial charge in [-0.3, -0.25) is 4.72 Å². The molecule has 0 spiro atoms. The van der Waals surface area contributed by atoms with E-state index in [4.69, 9.17) is 17.3 Å². The van der Waals surface area contributed by atoms with Crippen LogP contribution in [-0.4, -0.2) is 8.42 Å². The number of benzene rings is 2. The summed E-state index contributed by atoms with van der Waals surface area (Å²) in [4.78, 5) is -0.0127. The number of anilines is 2. The van der Waals surface area contributed by atoms with Crippen LogP contribution in [0.3, 0.4) is 0 Å². The van der Waals surface area contributed by atoms with Crippen molar-refractivity contribution >= 4 is 33.0 Å².